The summed E-state index contributed by atoms with van der Waals surface area (Å²) in [5, 5.41) is 5.74. The Labute approximate surface area is 123 Å². The number of halogens is 1. The zero-order valence-corrected chi connectivity index (χ0v) is 12.1. The van der Waals surface area contributed by atoms with Gasteiger partial charge >= 0.3 is 0 Å². The largest absolute Gasteiger partial charge is 0.352 e. The van der Waals surface area contributed by atoms with E-state index in [2.05, 4.69) is 10.6 Å². The number of nitrogens with one attached hydrogen (secondary N) is 2. The SMILES string of the molecule is O=C(CCCCl)NCc1cccc(NC(=O)C2CC2)c1. The summed E-state index contributed by atoms with van der Waals surface area (Å²) >= 11 is 5.54. The maximum absolute atomic E-state index is 11.7. The number of hydrogen-bond acceptors (Lipinski definition) is 2. The van der Waals surface area contributed by atoms with Gasteiger partial charge in [0, 0.05) is 30.5 Å². The Morgan fingerprint density at radius 1 is 1.30 bits per heavy atom. The number of rotatable bonds is 7. The predicted octanol–water partition coefficient (Wildman–Crippen LogP) is 2.67. The average molecular weight is 295 g/mol. The second kappa shape index (κ2) is 7.29. The second-order valence-corrected chi connectivity index (χ2v) is 5.41. The molecule has 0 aliphatic heterocycles. The third kappa shape index (κ3) is 4.85. The summed E-state index contributed by atoms with van der Waals surface area (Å²) in [7, 11) is 0. The van der Waals surface area contributed by atoms with Gasteiger partial charge in [0.1, 0.15) is 0 Å². The van der Waals surface area contributed by atoms with Crippen molar-refractivity contribution < 1.29 is 9.59 Å². The van der Waals surface area contributed by atoms with Crippen molar-refractivity contribution in [3.63, 3.8) is 0 Å². The molecule has 5 heteroatoms. The summed E-state index contributed by atoms with van der Waals surface area (Å²) in [4.78, 5) is 23.2. The van der Waals surface area contributed by atoms with E-state index in [1.165, 1.54) is 0 Å². The standard InChI is InChI=1S/C15H19ClN2O2/c16-8-2-5-14(19)17-10-11-3-1-4-13(9-11)18-15(20)12-6-7-12/h1,3-4,9,12H,2,5-8,10H2,(H,17,19)(H,18,20). The molecule has 1 aromatic rings. The third-order valence-corrected chi connectivity index (χ3v) is 3.44. The molecule has 0 radical (unpaired) electrons. The van der Waals surface area contributed by atoms with E-state index in [9.17, 15) is 9.59 Å². The predicted molar refractivity (Wildman–Crippen MR) is 79.6 cm³/mol. The maximum atomic E-state index is 11.7. The highest BCUT2D eigenvalue weighted by atomic mass is 35.5. The molecule has 108 valence electrons. The van der Waals surface area contributed by atoms with Gasteiger partial charge in [0.2, 0.25) is 11.8 Å². The first-order chi connectivity index (χ1) is 9.69. The number of carbonyl (C=O) groups excluding carboxylic acids is 2. The molecule has 4 nitrogen and oxygen atoms in total. The number of benzene rings is 1. The lowest BCUT2D eigenvalue weighted by atomic mass is 10.2. The first-order valence-corrected chi connectivity index (χ1v) is 7.45. The molecule has 0 unspecified atom stereocenters. The normalized spacial score (nSPS) is 13.8. The van der Waals surface area contributed by atoms with Crippen LogP contribution in [0.15, 0.2) is 24.3 Å². The van der Waals surface area contributed by atoms with Crippen LogP contribution >= 0.6 is 11.6 Å². The first-order valence-electron chi connectivity index (χ1n) is 6.91. The van der Waals surface area contributed by atoms with Crippen molar-refractivity contribution in [2.45, 2.75) is 32.2 Å². The highest BCUT2D eigenvalue weighted by Crippen LogP contribution is 2.30. The Bertz CT molecular complexity index is 487. The molecule has 0 saturated heterocycles. The quantitative estimate of drug-likeness (QED) is 0.760. The van der Waals surface area contributed by atoms with Gasteiger partial charge < -0.3 is 10.6 Å². The van der Waals surface area contributed by atoms with Crippen LogP contribution in [0.25, 0.3) is 0 Å². The molecular weight excluding hydrogens is 276 g/mol. The van der Waals surface area contributed by atoms with Crippen LogP contribution in [0.3, 0.4) is 0 Å². The Hall–Kier alpha value is -1.55. The molecule has 2 amide bonds. The minimum absolute atomic E-state index is 0.00179. The summed E-state index contributed by atoms with van der Waals surface area (Å²) in [5.74, 6) is 0.774. The van der Waals surface area contributed by atoms with Crippen LogP contribution < -0.4 is 10.6 Å². The second-order valence-electron chi connectivity index (χ2n) is 5.03. The zero-order valence-electron chi connectivity index (χ0n) is 11.3. The molecule has 2 N–H and O–H groups in total. The fourth-order valence-corrected chi connectivity index (χ4v) is 2.00. The molecule has 1 fully saturated rings. The summed E-state index contributed by atoms with van der Waals surface area (Å²) in [6.45, 7) is 0.467. The van der Waals surface area contributed by atoms with Crippen molar-refractivity contribution in [2.24, 2.45) is 5.92 Å². The lowest BCUT2D eigenvalue weighted by Crippen LogP contribution is -2.22. The molecule has 0 bridgehead atoms. The summed E-state index contributed by atoms with van der Waals surface area (Å²) in [6, 6.07) is 7.55. The molecule has 0 spiro atoms. The molecule has 1 aliphatic rings. The van der Waals surface area contributed by atoms with Gasteiger partial charge in [-0.3, -0.25) is 9.59 Å². The number of carbonyl (C=O) groups is 2. The minimum Gasteiger partial charge on any atom is -0.352 e. The lowest BCUT2D eigenvalue weighted by Gasteiger charge is -2.08. The molecule has 0 heterocycles. The van der Waals surface area contributed by atoms with Crippen LogP contribution in [0.4, 0.5) is 5.69 Å². The van der Waals surface area contributed by atoms with E-state index >= 15 is 0 Å². The van der Waals surface area contributed by atoms with Crippen LogP contribution in [0.2, 0.25) is 0 Å². The van der Waals surface area contributed by atoms with E-state index in [0.29, 0.717) is 25.3 Å². The van der Waals surface area contributed by atoms with Crippen molar-refractivity contribution in [3.8, 4) is 0 Å². The number of alkyl halides is 1. The summed E-state index contributed by atoms with van der Waals surface area (Å²) < 4.78 is 0. The Morgan fingerprint density at radius 2 is 2.10 bits per heavy atom. The van der Waals surface area contributed by atoms with E-state index in [1.54, 1.807) is 0 Å². The molecule has 0 aromatic heterocycles. The van der Waals surface area contributed by atoms with Gasteiger partial charge in [-0.2, -0.15) is 0 Å². The average Bonchev–Trinajstić information content (AvgIpc) is 3.28. The van der Waals surface area contributed by atoms with Crippen molar-refractivity contribution >= 4 is 29.1 Å². The highest BCUT2D eigenvalue weighted by Gasteiger charge is 2.29. The van der Waals surface area contributed by atoms with E-state index < -0.39 is 0 Å². The van der Waals surface area contributed by atoms with Crippen molar-refractivity contribution in [3.05, 3.63) is 29.8 Å². The maximum Gasteiger partial charge on any atom is 0.227 e. The van der Waals surface area contributed by atoms with Gasteiger partial charge in [-0.25, -0.2) is 0 Å². The Morgan fingerprint density at radius 3 is 2.80 bits per heavy atom. The van der Waals surface area contributed by atoms with Gasteiger partial charge in [-0.15, -0.1) is 11.6 Å². The van der Waals surface area contributed by atoms with E-state index in [0.717, 1.165) is 24.1 Å². The van der Waals surface area contributed by atoms with E-state index in [1.807, 2.05) is 24.3 Å². The van der Waals surface area contributed by atoms with Crippen LogP contribution in [0, 0.1) is 5.92 Å². The van der Waals surface area contributed by atoms with Crippen LogP contribution in [0.1, 0.15) is 31.2 Å². The topological polar surface area (TPSA) is 58.2 Å². The van der Waals surface area contributed by atoms with Crippen molar-refractivity contribution in [1.29, 1.82) is 0 Å². The molecular formula is C15H19ClN2O2. The summed E-state index contributed by atoms with van der Waals surface area (Å²) in [6.07, 6.45) is 3.11. The molecule has 20 heavy (non-hydrogen) atoms. The fraction of sp³-hybridized carbons (Fsp3) is 0.467. The van der Waals surface area contributed by atoms with Gasteiger partial charge in [-0.1, -0.05) is 12.1 Å². The number of hydrogen-bond donors (Lipinski definition) is 2. The van der Waals surface area contributed by atoms with E-state index in [-0.39, 0.29) is 17.7 Å². The first kappa shape index (κ1) is 14.9. The lowest BCUT2D eigenvalue weighted by molar-refractivity contribution is -0.121. The van der Waals surface area contributed by atoms with Gasteiger partial charge in [0.25, 0.3) is 0 Å². The highest BCUT2D eigenvalue weighted by molar-refractivity contribution is 6.17. The van der Waals surface area contributed by atoms with Crippen molar-refractivity contribution in [1.82, 2.24) is 5.32 Å². The Balaban J connectivity index is 1.82. The monoisotopic (exact) mass is 294 g/mol. The number of amides is 2. The van der Waals surface area contributed by atoms with E-state index in [4.69, 9.17) is 11.6 Å². The molecule has 0 atom stereocenters. The summed E-state index contributed by atoms with van der Waals surface area (Å²) in [5.41, 5.74) is 1.76. The Kier molecular flexibility index (Phi) is 5.41. The van der Waals surface area contributed by atoms with Crippen LogP contribution in [-0.2, 0) is 16.1 Å². The van der Waals surface area contributed by atoms with Crippen molar-refractivity contribution in [2.75, 3.05) is 11.2 Å². The van der Waals surface area contributed by atoms with Gasteiger partial charge in [-0.05, 0) is 37.0 Å². The number of anilines is 1. The zero-order chi connectivity index (χ0) is 14.4. The molecule has 1 aliphatic carbocycles. The molecule has 1 saturated carbocycles. The molecule has 2 rings (SSSR count). The fourth-order valence-electron chi connectivity index (χ4n) is 1.87. The third-order valence-electron chi connectivity index (χ3n) is 3.17. The van der Waals surface area contributed by atoms with Gasteiger partial charge in [0.05, 0.1) is 0 Å². The molecule has 1 aromatic carbocycles. The smallest absolute Gasteiger partial charge is 0.227 e. The van der Waals surface area contributed by atoms with Crippen LogP contribution in [-0.4, -0.2) is 17.7 Å². The minimum atomic E-state index is -0.00179. The van der Waals surface area contributed by atoms with Crippen LogP contribution in [0.5, 0.6) is 0 Å². The van der Waals surface area contributed by atoms with Gasteiger partial charge in [0.15, 0.2) is 0 Å².